The van der Waals surface area contributed by atoms with Gasteiger partial charge in [0.1, 0.15) is 11.9 Å². The second-order valence-electron chi connectivity index (χ2n) is 4.02. The van der Waals surface area contributed by atoms with Gasteiger partial charge < -0.3 is 11.1 Å². The van der Waals surface area contributed by atoms with Crippen LogP contribution in [0.3, 0.4) is 0 Å². The molecule has 0 aliphatic carbocycles. The SMILES string of the molecule is N#CCC[C@H](NC(=O)Cc1ccc(F)cc1)C(N)=O. The van der Waals surface area contributed by atoms with E-state index in [9.17, 15) is 14.0 Å². The second kappa shape index (κ2) is 7.11. The average Bonchev–Trinajstić information content (AvgIpc) is 2.37. The van der Waals surface area contributed by atoms with Crippen LogP contribution < -0.4 is 11.1 Å². The van der Waals surface area contributed by atoms with Crippen LogP contribution in [0.1, 0.15) is 18.4 Å². The van der Waals surface area contributed by atoms with Crippen LogP contribution >= 0.6 is 0 Å². The van der Waals surface area contributed by atoms with Gasteiger partial charge in [0.2, 0.25) is 11.8 Å². The van der Waals surface area contributed by atoms with Crippen molar-refractivity contribution < 1.29 is 14.0 Å². The maximum atomic E-state index is 12.7. The minimum Gasteiger partial charge on any atom is -0.368 e. The number of hydrogen-bond donors (Lipinski definition) is 2. The van der Waals surface area contributed by atoms with Crippen LogP contribution in [0.25, 0.3) is 0 Å². The summed E-state index contributed by atoms with van der Waals surface area (Å²) in [5.41, 5.74) is 5.75. The molecule has 0 aliphatic heterocycles. The topological polar surface area (TPSA) is 96.0 Å². The van der Waals surface area contributed by atoms with Crippen LogP contribution in [-0.4, -0.2) is 17.9 Å². The Labute approximate surface area is 110 Å². The highest BCUT2D eigenvalue weighted by Crippen LogP contribution is 2.04. The van der Waals surface area contributed by atoms with Crippen molar-refractivity contribution in [2.45, 2.75) is 25.3 Å². The largest absolute Gasteiger partial charge is 0.368 e. The molecule has 0 radical (unpaired) electrons. The molecule has 1 aromatic rings. The molecule has 3 N–H and O–H groups in total. The molecular formula is C13H14FN3O2. The fourth-order valence-electron chi connectivity index (χ4n) is 1.53. The monoisotopic (exact) mass is 263 g/mol. The summed E-state index contributed by atoms with van der Waals surface area (Å²) in [5, 5.41) is 10.9. The highest BCUT2D eigenvalue weighted by molar-refractivity contribution is 5.87. The average molecular weight is 263 g/mol. The Hall–Kier alpha value is -2.42. The highest BCUT2D eigenvalue weighted by atomic mass is 19.1. The van der Waals surface area contributed by atoms with E-state index in [0.717, 1.165) is 0 Å². The molecular weight excluding hydrogens is 249 g/mol. The lowest BCUT2D eigenvalue weighted by Gasteiger charge is -2.13. The number of nitrogens with two attached hydrogens (primary N) is 1. The Morgan fingerprint density at radius 2 is 2.00 bits per heavy atom. The maximum Gasteiger partial charge on any atom is 0.240 e. The predicted octanol–water partition coefficient (Wildman–Crippen LogP) is 0.642. The third kappa shape index (κ3) is 5.17. The van der Waals surface area contributed by atoms with Crippen LogP contribution in [0.4, 0.5) is 4.39 Å². The lowest BCUT2D eigenvalue weighted by Crippen LogP contribution is -2.44. The van der Waals surface area contributed by atoms with Gasteiger partial charge in [-0.15, -0.1) is 0 Å². The van der Waals surface area contributed by atoms with Gasteiger partial charge in [0.15, 0.2) is 0 Å². The molecule has 2 amide bonds. The zero-order valence-electron chi connectivity index (χ0n) is 10.2. The molecule has 19 heavy (non-hydrogen) atoms. The molecule has 6 heteroatoms. The highest BCUT2D eigenvalue weighted by Gasteiger charge is 2.17. The quantitative estimate of drug-likeness (QED) is 0.788. The summed E-state index contributed by atoms with van der Waals surface area (Å²) >= 11 is 0. The normalized spacial score (nSPS) is 11.4. The smallest absolute Gasteiger partial charge is 0.240 e. The van der Waals surface area contributed by atoms with Crippen molar-refractivity contribution >= 4 is 11.8 Å². The molecule has 0 spiro atoms. The molecule has 0 unspecified atom stereocenters. The fourth-order valence-corrected chi connectivity index (χ4v) is 1.53. The molecule has 0 saturated heterocycles. The van der Waals surface area contributed by atoms with E-state index in [-0.39, 0.29) is 25.1 Å². The summed E-state index contributed by atoms with van der Waals surface area (Å²) in [6.45, 7) is 0. The molecule has 0 fully saturated rings. The Morgan fingerprint density at radius 1 is 1.37 bits per heavy atom. The molecule has 0 saturated carbocycles. The number of carbonyl (C=O) groups excluding carboxylic acids is 2. The summed E-state index contributed by atoms with van der Waals surface area (Å²) in [6, 6.07) is 6.51. The van der Waals surface area contributed by atoms with Gasteiger partial charge in [-0.3, -0.25) is 9.59 Å². The first-order valence-electron chi connectivity index (χ1n) is 5.73. The standard InChI is InChI=1S/C13H14FN3O2/c14-10-5-3-9(4-6-10)8-12(18)17-11(13(16)19)2-1-7-15/h3-6,11H,1-2,8H2,(H2,16,19)(H,17,18)/t11-/m0/s1. The van der Waals surface area contributed by atoms with Crippen molar-refractivity contribution in [1.82, 2.24) is 5.32 Å². The van der Waals surface area contributed by atoms with Crippen molar-refractivity contribution in [1.29, 1.82) is 5.26 Å². The van der Waals surface area contributed by atoms with Crippen LogP contribution in [0, 0.1) is 17.1 Å². The number of primary amides is 1. The minimum atomic E-state index is -0.854. The van der Waals surface area contributed by atoms with Gasteiger partial charge in [0.25, 0.3) is 0 Å². The molecule has 1 aromatic carbocycles. The summed E-state index contributed by atoms with van der Waals surface area (Å²) in [5.74, 6) is -1.45. The van der Waals surface area contributed by atoms with Crippen molar-refractivity contribution in [3.05, 3.63) is 35.6 Å². The van der Waals surface area contributed by atoms with Crippen LogP contribution in [0.5, 0.6) is 0 Å². The van der Waals surface area contributed by atoms with Gasteiger partial charge in [-0.2, -0.15) is 5.26 Å². The lowest BCUT2D eigenvalue weighted by atomic mass is 10.1. The minimum absolute atomic E-state index is 0.0244. The third-order valence-electron chi connectivity index (χ3n) is 2.50. The number of nitrogens with zero attached hydrogens (tertiary/aromatic N) is 1. The molecule has 1 atom stereocenters. The number of carbonyl (C=O) groups is 2. The zero-order chi connectivity index (χ0) is 14.3. The van der Waals surface area contributed by atoms with Gasteiger partial charge in [-0.25, -0.2) is 4.39 Å². The molecule has 1 rings (SSSR count). The first kappa shape index (κ1) is 14.6. The maximum absolute atomic E-state index is 12.7. The van der Waals surface area contributed by atoms with Gasteiger partial charge in [-0.05, 0) is 24.1 Å². The van der Waals surface area contributed by atoms with E-state index < -0.39 is 17.9 Å². The fraction of sp³-hybridized carbons (Fsp3) is 0.308. The molecule has 0 aliphatic rings. The Bertz CT molecular complexity index is 494. The van der Waals surface area contributed by atoms with E-state index in [1.54, 1.807) is 0 Å². The number of benzene rings is 1. The van der Waals surface area contributed by atoms with Crippen molar-refractivity contribution in [2.75, 3.05) is 0 Å². The summed E-state index contributed by atoms with van der Waals surface area (Å²) < 4.78 is 12.7. The van der Waals surface area contributed by atoms with Gasteiger partial charge >= 0.3 is 0 Å². The van der Waals surface area contributed by atoms with Crippen LogP contribution in [0.15, 0.2) is 24.3 Å². The number of amides is 2. The first-order valence-corrected chi connectivity index (χ1v) is 5.73. The van der Waals surface area contributed by atoms with E-state index >= 15 is 0 Å². The van der Waals surface area contributed by atoms with Crippen LogP contribution in [-0.2, 0) is 16.0 Å². The molecule has 5 nitrogen and oxygen atoms in total. The Balaban J connectivity index is 2.55. The number of nitriles is 1. The molecule has 0 aromatic heterocycles. The Kier molecular flexibility index (Phi) is 5.48. The van der Waals surface area contributed by atoms with E-state index in [0.29, 0.717) is 5.56 Å². The number of hydrogen-bond acceptors (Lipinski definition) is 3. The lowest BCUT2D eigenvalue weighted by molar-refractivity contribution is -0.127. The van der Waals surface area contributed by atoms with Gasteiger partial charge in [0, 0.05) is 6.42 Å². The molecule has 0 heterocycles. The molecule has 100 valence electrons. The van der Waals surface area contributed by atoms with E-state index in [4.69, 9.17) is 11.0 Å². The summed E-state index contributed by atoms with van der Waals surface area (Å²) in [7, 11) is 0. The zero-order valence-corrected chi connectivity index (χ0v) is 10.2. The van der Waals surface area contributed by atoms with Crippen molar-refractivity contribution in [3.63, 3.8) is 0 Å². The van der Waals surface area contributed by atoms with Gasteiger partial charge in [0.05, 0.1) is 12.5 Å². The van der Waals surface area contributed by atoms with Gasteiger partial charge in [-0.1, -0.05) is 12.1 Å². The second-order valence-corrected chi connectivity index (χ2v) is 4.02. The summed E-state index contributed by atoms with van der Waals surface area (Å²) in [6.07, 6.45) is 0.335. The first-order chi connectivity index (χ1) is 9.02. The number of nitrogens with one attached hydrogen (secondary N) is 1. The van der Waals surface area contributed by atoms with E-state index in [1.807, 2.05) is 6.07 Å². The van der Waals surface area contributed by atoms with Crippen molar-refractivity contribution in [3.8, 4) is 6.07 Å². The van der Waals surface area contributed by atoms with Crippen LogP contribution in [0.2, 0.25) is 0 Å². The van der Waals surface area contributed by atoms with E-state index in [2.05, 4.69) is 5.32 Å². The number of halogens is 1. The Morgan fingerprint density at radius 3 is 2.53 bits per heavy atom. The third-order valence-corrected chi connectivity index (χ3v) is 2.50. The number of rotatable bonds is 6. The molecule has 0 bridgehead atoms. The van der Waals surface area contributed by atoms with E-state index in [1.165, 1.54) is 24.3 Å². The van der Waals surface area contributed by atoms with Crippen molar-refractivity contribution in [2.24, 2.45) is 5.73 Å². The summed E-state index contributed by atoms with van der Waals surface area (Å²) in [4.78, 5) is 22.8. The predicted molar refractivity (Wildman–Crippen MR) is 66.1 cm³/mol.